The maximum Gasteiger partial charge on any atom is 0.306 e. The number of anilines is 1. The average Bonchev–Trinajstić information content (AvgIpc) is 3.12. The van der Waals surface area contributed by atoms with Crippen LogP contribution < -0.4 is 10.6 Å². The summed E-state index contributed by atoms with van der Waals surface area (Å²) in [4.78, 5) is 23.3. The quantitative estimate of drug-likeness (QED) is 0.790. The van der Waals surface area contributed by atoms with Crippen LogP contribution in [0.25, 0.3) is 0 Å². The molecule has 1 aliphatic carbocycles. The van der Waals surface area contributed by atoms with Gasteiger partial charge in [-0.25, -0.2) is 0 Å². The summed E-state index contributed by atoms with van der Waals surface area (Å²) in [5.41, 5.74) is 2.93. The number of carboxylic acids is 1. The highest BCUT2D eigenvalue weighted by Gasteiger charge is 2.32. The highest BCUT2D eigenvalue weighted by atomic mass is 16.4. The first-order chi connectivity index (χ1) is 10.1. The van der Waals surface area contributed by atoms with E-state index < -0.39 is 5.97 Å². The summed E-state index contributed by atoms with van der Waals surface area (Å²) >= 11 is 0. The fraction of sp³-hybridized carbons (Fsp3) is 0.500. The molecular weight excluding hydrogens is 268 g/mol. The Morgan fingerprint density at radius 3 is 3.00 bits per heavy atom. The van der Waals surface area contributed by atoms with Gasteiger partial charge in [0.05, 0.1) is 5.92 Å². The third-order valence-corrected chi connectivity index (χ3v) is 4.58. The van der Waals surface area contributed by atoms with Gasteiger partial charge in [0.25, 0.3) is 5.91 Å². The van der Waals surface area contributed by atoms with Crippen LogP contribution in [0.5, 0.6) is 0 Å². The second-order valence-electron chi connectivity index (χ2n) is 5.89. The molecule has 1 fully saturated rings. The number of carbonyl (C=O) groups is 2. The van der Waals surface area contributed by atoms with Crippen molar-refractivity contribution in [2.24, 2.45) is 11.8 Å². The van der Waals surface area contributed by atoms with Gasteiger partial charge in [0, 0.05) is 24.3 Å². The lowest BCUT2D eigenvalue weighted by atomic mass is 9.96. The van der Waals surface area contributed by atoms with Gasteiger partial charge in [-0.2, -0.15) is 0 Å². The van der Waals surface area contributed by atoms with Crippen LogP contribution in [0.4, 0.5) is 5.69 Å². The number of carboxylic acid groups (broad SMARTS) is 1. The molecule has 2 atom stereocenters. The molecular formula is C16H20N2O3. The predicted octanol–water partition coefficient (Wildman–Crippen LogP) is 1.89. The molecule has 0 spiro atoms. The monoisotopic (exact) mass is 288 g/mol. The number of benzene rings is 1. The van der Waals surface area contributed by atoms with Crippen molar-refractivity contribution in [1.29, 1.82) is 0 Å². The zero-order valence-corrected chi connectivity index (χ0v) is 11.9. The molecule has 1 aromatic carbocycles. The van der Waals surface area contributed by atoms with Gasteiger partial charge in [0.2, 0.25) is 0 Å². The summed E-state index contributed by atoms with van der Waals surface area (Å²) in [5, 5.41) is 15.3. The first-order valence-corrected chi connectivity index (χ1v) is 7.53. The van der Waals surface area contributed by atoms with Crippen molar-refractivity contribution in [3.8, 4) is 0 Å². The zero-order chi connectivity index (χ0) is 14.8. The Kier molecular flexibility index (Phi) is 3.82. The van der Waals surface area contributed by atoms with Crippen LogP contribution in [-0.4, -0.2) is 30.1 Å². The van der Waals surface area contributed by atoms with E-state index in [1.54, 1.807) is 0 Å². The van der Waals surface area contributed by atoms with Crippen LogP contribution >= 0.6 is 0 Å². The first kappa shape index (κ1) is 13.9. The molecule has 0 bridgehead atoms. The van der Waals surface area contributed by atoms with Crippen LogP contribution in [0.1, 0.15) is 35.2 Å². The highest BCUT2D eigenvalue weighted by molar-refractivity contribution is 5.95. The third-order valence-electron chi connectivity index (χ3n) is 4.58. The van der Waals surface area contributed by atoms with Crippen molar-refractivity contribution in [2.45, 2.75) is 25.7 Å². The summed E-state index contributed by atoms with van der Waals surface area (Å²) in [6, 6.07) is 5.68. The number of hydrogen-bond acceptors (Lipinski definition) is 3. The molecule has 0 aromatic heterocycles. The number of hydrogen-bond donors (Lipinski definition) is 3. The van der Waals surface area contributed by atoms with E-state index in [1.807, 2.05) is 18.2 Å². The van der Waals surface area contributed by atoms with Crippen molar-refractivity contribution < 1.29 is 14.7 Å². The van der Waals surface area contributed by atoms with Crippen molar-refractivity contribution >= 4 is 17.6 Å². The first-order valence-electron chi connectivity index (χ1n) is 7.53. The molecule has 1 aliphatic heterocycles. The number of fused-ring (bicyclic) bond motifs is 1. The minimum absolute atomic E-state index is 0.0579. The number of amides is 1. The van der Waals surface area contributed by atoms with E-state index in [-0.39, 0.29) is 17.7 Å². The van der Waals surface area contributed by atoms with E-state index in [2.05, 4.69) is 10.6 Å². The summed E-state index contributed by atoms with van der Waals surface area (Å²) < 4.78 is 0. The van der Waals surface area contributed by atoms with Gasteiger partial charge in [-0.3, -0.25) is 9.59 Å². The highest BCUT2D eigenvalue weighted by Crippen LogP contribution is 2.31. The summed E-state index contributed by atoms with van der Waals surface area (Å²) in [5.74, 6) is -1.10. The van der Waals surface area contributed by atoms with Crippen LogP contribution in [0.3, 0.4) is 0 Å². The molecule has 0 saturated heterocycles. The Morgan fingerprint density at radius 1 is 1.33 bits per heavy atom. The SMILES string of the molecule is O=C(NCC1CCCC1C(=O)O)c1ccc2c(c1)CCN2. The Morgan fingerprint density at radius 2 is 2.19 bits per heavy atom. The van der Waals surface area contributed by atoms with Crippen molar-refractivity contribution in [3.05, 3.63) is 29.3 Å². The molecule has 2 unspecified atom stereocenters. The van der Waals surface area contributed by atoms with Gasteiger partial charge in [-0.05, 0) is 48.9 Å². The summed E-state index contributed by atoms with van der Waals surface area (Å²) in [7, 11) is 0. The fourth-order valence-electron chi connectivity index (χ4n) is 3.38. The van der Waals surface area contributed by atoms with Crippen molar-refractivity contribution in [2.75, 3.05) is 18.4 Å². The molecule has 5 nitrogen and oxygen atoms in total. The van der Waals surface area contributed by atoms with E-state index in [9.17, 15) is 9.59 Å². The molecule has 3 N–H and O–H groups in total. The molecule has 112 valence electrons. The smallest absolute Gasteiger partial charge is 0.306 e. The second kappa shape index (κ2) is 5.76. The molecule has 1 saturated carbocycles. The van der Waals surface area contributed by atoms with Crippen LogP contribution in [0.15, 0.2) is 18.2 Å². The number of aliphatic carboxylic acids is 1. The average molecular weight is 288 g/mol. The van der Waals surface area contributed by atoms with E-state index >= 15 is 0 Å². The number of rotatable bonds is 4. The van der Waals surface area contributed by atoms with Gasteiger partial charge in [-0.15, -0.1) is 0 Å². The molecule has 1 heterocycles. The number of nitrogens with one attached hydrogen (secondary N) is 2. The third kappa shape index (κ3) is 2.86. The second-order valence-corrected chi connectivity index (χ2v) is 5.89. The van der Waals surface area contributed by atoms with E-state index in [0.29, 0.717) is 12.1 Å². The fourth-order valence-corrected chi connectivity index (χ4v) is 3.38. The van der Waals surface area contributed by atoms with Crippen LogP contribution in [0, 0.1) is 11.8 Å². The predicted molar refractivity (Wildman–Crippen MR) is 79.4 cm³/mol. The van der Waals surface area contributed by atoms with E-state index in [1.165, 1.54) is 5.56 Å². The van der Waals surface area contributed by atoms with Gasteiger partial charge in [0.1, 0.15) is 0 Å². The van der Waals surface area contributed by atoms with Crippen LogP contribution in [-0.2, 0) is 11.2 Å². The van der Waals surface area contributed by atoms with E-state index in [4.69, 9.17) is 5.11 Å². The van der Waals surface area contributed by atoms with Crippen LogP contribution in [0.2, 0.25) is 0 Å². The topological polar surface area (TPSA) is 78.4 Å². The van der Waals surface area contributed by atoms with Crippen molar-refractivity contribution in [1.82, 2.24) is 5.32 Å². The number of carbonyl (C=O) groups excluding carboxylic acids is 1. The molecule has 3 rings (SSSR count). The molecule has 2 aliphatic rings. The Balaban J connectivity index is 1.60. The molecule has 1 amide bonds. The summed E-state index contributed by atoms with van der Waals surface area (Å²) in [6.07, 6.45) is 3.48. The van der Waals surface area contributed by atoms with Gasteiger partial charge < -0.3 is 15.7 Å². The summed E-state index contributed by atoms with van der Waals surface area (Å²) in [6.45, 7) is 1.37. The minimum atomic E-state index is -0.740. The van der Waals surface area contributed by atoms with E-state index in [0.717, 1.165) is 37.9 Å². The molecule has 1 aromatic rings. The standard InChI is InChI=1S/C16H20N2O3/c19-15(11-4-5-14-10(8-11)6-7-17-14)18-9-12-2-1-3-13(12)16(20)21/h4-5,8,12-13,17H,1-3,6-7,9H2,(H,18,19)(H,20,21). The molecule has 21 heavy (non-hydrogen) atoms. The maximum atomic E-state index is 12.2. The Hall–Kier alpha value is -2.04. The Bertz CT molecular complexity index is 571. The molecule has 5 heteroatoms. The Labute approximate surface area is 123 Å². The lowest BCUT2D eigenvalue weighted by Gasteiger charge is -2.16. The van der Waals surface area contributed by atoms with Gasteiger partial charge >= 0.3 is 5.97 Å². The van der Waals surface area contributed by atoms with Gasteiger partial charge in [0.15, 0.2) is 0 Å². The lowest BCUT2D eigenvalue weighted by Crippen LogP contribution is -2.33. The minimum Gasteiger partial charge on any atom is -0.481 e. The molecule has 0 radical (unpaired) electrons. The van der Waals surface area contributed by atoms with Gasteiger partial charge in [-0.1, -0.05) is 6.42 Å². The zero-order valence-electron chi connectivity index (χ0n) is 11.9. The van der Waals surface area contributed by atoms with Crippen molar-refractivity contribution in [3.63, 3.8) is 0 Å². The lowest BCUT2D eigenvalue weighted by molar-refractivity contribution is -0.142. The largest absolute Gasteiger partial charge is 0.481 e. The maximum absolute atomic E-state index is 12.2. The normalized spacial score (nSPS) is 23.4.